The summed E-state index contributed by atoms with van der Waals surface area (Å²) in [5.41, 5.74) is 4.74. The first-order valence-electron chi connectivity index (χ1n) is 4.85. The second-order valence-electron chi connectivity index (χ2n) is 3.47. The predicted molar refractivity (Wildman–Crippen MR) is 61.3 cm³/mol. The summed E-state index contributed by atoms with van der Waals surface area (Å²) in [5.74, 6) is -0.114. The van der Waals surface area contributed by atoms with Gasteiger partial charge in [-0.15, -0.1) is 11.3 Å². The van der Waals surface area contributed by atoms with Crippen molar-refractivity contribution in [2.24, 2.45) is 0 Å². The number of aryl methyl sites for hydroxylation is 2. The summed E-state index contributed by atoms with van der Waals surface area (Å²) >= 11 is 1.51. The van der Waals surface area contributed by atoms with Crippen molar-refractivity contribution in [2.75, 3.05) is 0 Å². The molecule has 6 heteroatoms. The Morgan fingerprint density at radius 3 is 2.94 bits per heavy atom. The lowest BCUT2D eigenvalue weighted by atomic mass is 10.2. The number of aromatic nitrogens is 3. The number of nitrogens with one attached hydrogen (secondary N) is 2. The second-order valence-corrected chi connectivity index (χ2v) is 4.19. The summed E-state index contributed by atoms with van der Waals surface area (Å²) in [7, 11) is 0. The van der Waals surface area contributed by atoms with Gasteiger partial charge >= 0.3 is 0 Å². The Morgan fingerprint density at radius 2 is 2.38 bits per heavy atom. The molecule has 0 atom stereocenters. The lowest BCUT2D eigenvalue weighted by Crippen LogP contribution is -2.24. The molecule has 2 N–H and O–H groups in total. The third kappa shape index (κ3) is 2.11. The van der Waals surface area contributed by atoms with Gasteiger partial charge in [0.15, 0.2) is 0 Å². The maximum absolute atomic E-state index is 11.8. The van der Waals surface area contributed by atoms with Crippen LogP contribution in [0.15, 0.2) is 10.9 Å². The average molecular weight is 236 g/mol. The summed E-state index contributed by atoms with van der Waals surface area (Å²) in [6.07, 6.45) is 0. The van der Waals surface area contributed by atoms with Gasteiger partial charge < -0.3 is 5.32 Å². The largest absolute Gasteiger partial charge is 0.346 e. The zero-order chi connectivity index (χ0) is 11.5. The van der Waals surface area contributed by atoms with Crippen LogP contribution in [0.2, 0.25) is 0 Å². The molecular formula is C10H12N4OS. The van der Waals surface area contributed by atoms with Crippen LogP contribution < -0.4 is 5.32 Å². The van der Waals surface area contributed by atoms with Crippen LogP contribution in [0.3, 0.4) is 0 Å². The number of carbonyl (C=O) groups is 1. The minimum Gasteiger partial charge on any atom is -0.346 e. The Labute approximate surface area is 96.9 Å². The Balaban J connectivity index is 2.04. The van der Waals surface area contributed by atoms with Crippen LogP contribution in [0.1, 0.15) is 27.4 Å². The van der Waals surface area contributed by atoms with Crippen molar-refractivity contribution in [2.45, 2.75) is 20.4 Å². The number of thiazole rings is 1. The van der Waals surface area contributed by atoms with Crippen LogP contribution in [0.25, 0.3) is 0 Å². The normalized spacial score (nSPS) is 10.4. The van der Waals surface area contributed by atoms with Crippen molar-refractivity contribution in [3.05, 3.63) is 33.5 Å². The zero-order valence-corrected chi connectivity index (χ0v) is 9.89. The van der Waals surface area contributed by atoms with Gasteiger partial charge in [-0.3, -0.25) is 9.89 Å². The molecule has 0 fully saturated rings. The van der Waals surface area contributed by atoms with E-state index in [-0.39, 0.29) is 5.91 Å². The number of carbonyl (C=O) groups excluding carboxylic acids is 1. The van der Waals surface area contributed by atoms with E-state index in [1.165, 1.54) is 11.3 Å². The molecule has 16 heavy (non-hydrogen) atoms. The molecule has 0 aliphatic carbocycles. The molecule has 1 amide bonds. The second kappa shape index (κ2) is 4.44. The van der Waals surface area contributed by atoms with Gasteiger partial charge in [-0.1, -0.05) is 0 Å². The standard InChI is InChI=1S/C10H12N4OS/c1-6-9(7(2)14-13-6)10(15)11-3-8-4-16-5-12-8/h4-5H,3H2,1-2H3,(H,11,15)(H,13,14). The van der Waals surface area contributed by atoms with Crippen LogP contribution in [0.4, 0.5) is 0 Å². The number of H-pyrrole nitrogens is 1. The first-order chi connectivity index (χ1) is 7.68. The third-order valence-corrected chi connectivity index (χ3v) is 2.90. The summed E-state index contributed by atoms with van der Waals surface area (Å²) in [6, 6.07) is 0. The lowest BCUT2D eigenvalue weighted by Gasteiger charge is -2.02. The minimum atomic E-state index is -0.114. The molecule has 0 aromatic carbocycles. The highest BCUT2D eigenvalue weighted by molar-refractivity contribution is 7.07. The molecule has 0 unspecified atom stereocenters. The number of rotatable bonds is 3. The smallest absolute Gasteiger partial charge is 0.255 e. The van der Waals surface area contributed by atoms with Gasteiger partial charge in [0.25, 0.3) is 5.91 Å². The number of hydrogen-bond acceptors (Lipinski definition) is 4. The average Bonchev–Trinajstić information content (AvgIpc) is 2.86. The molecule has 2 heterocycles. The lowest BCUT2D eigenvalue weighted by molar-refractivity contribution is 0.0949. The van der Waals surface area contributed by atoms with Gasteiger partial charge in [-0.05, 0) is 13.8 Å². The molecule has 2 aromatic heterocycles. The topological polar surface area (TPSA) is 70.7 Å². The maximum Gasteiger partial charge on any atom is 0.255 e. The molecule has 0 bridgehead atoms. The molecule has 0 saturated heterocycles. The van der Waals surface area contributed by atoms with E-state index in [2.05, 4.69) is 20.5 Å². The van der Waals surface area contributed by atoms with Gasteiger partial charge in [0.05, 0.1) is 29.0 Å². The van der Waals surface area contributed by atoms with E-state index in [0.29, 0.717) is 17.8 Å². The first kappa shape index (κ1) is 10.8. The van der Waals surface area contributed by atoms with Gasteiger partial charge in [-0.2, -0.15) is 5.10 Å². The van der Waals surface area contributed by atoms with Crippen LogP contribution in [0, 0.1) is 13.8 Å². The summed E-state index contributed by atoms with van der Waals surface area (Å²) < 4.78 is 0. The molecule has 2 rings (SSSR count). The van der Waals surface area contributed by atoms with Crippen molar-refractivity contribution < 1.29 is 4.79 Å². The maximum atomic E-state index is 11.8. The van der Waals surface area contributed by atoms with E-state index in [0.717, 1.165) is 11.4 Å². The van der Waals surface area contributed by atoms with E-state index in [9.17, 15) is 4.79 Å². The quantitative estimate of drug-likeness (QED) is 0.846. The highest BCUT2D eigenvalue weighted by Gasteiger charge is 2.14. The Kier molecular flexibility index (Phi) is 3.00. The molecule has 0 aliphatic heterocycles. The number of aromatic amines is 1. The van der Waals surface area contributed by atoms with Crippen molar-refractivity contribution in [3.8, 4) is 0 Å². The number of hydrogen-bond donors (Lipinski definition) is 2. The molecule has 5 nitrogen and oxygen atoms in total. The van der Waals surface area contributed by atoms with Crippen molar-refractivity contribution >= 4 is 17.2 Å². The molecule has 0 spiro atoms. The summed E-state index contributed by atoms with van der Waals surface area (Å²) in [6.45, 7) is 4.09. The van der Waals surface area contributed by atoms with Crippen LogP contribution in [-0.2, 0) is 6.54 Å². The van der Waals surface area contributed by atoms with Crippen molar-refractivity contribution in [1.29, 1.82) is 0 Å². The zero-order valence-electron chi connectivity index (χ0n) is 9.07. The van der Waals surface area contributed by atoms with Crippen LogP contribution in [0.5, 0.6) is 0 Å². The highest BCUT2D eigenvalue weighted by Crippen LogP contribution is 2.09. The van der Waals surface area contributed by atoms with Crippen molar-refractivity contribution in [1.82, 2.24) is 20.5 Å². The molecular weight excluding hydrogens is 224 g/mol. The van der Waals surface area contributed by atoms with E-state index < -0.39 is 0 Å². The Hall–Kier alpha value is -1.69. The fraction of sp³-hybridized carbons (Fsp3) is 0.300. The van der Waals surface area contributed by atoms with Crippen molar-refractivity contribution in [3.63, 3.8) is 0 Å². The summed E-state index contributed by atoms with van der Waals surface area (Å²) in [4.78, 5) is 15.9. The SMILES string of the molecule is Cc1n[nH]c(C)c1C(=O)NCc1cscn1. The predicted octanol–water partition coefficient (Wildman–Crippen LogP) is 1.41. The van der Waals surface area contributed by atoms with Gasteiger partial charge in [0.2, 0.25) is 0 Å². The monoisotopic (exact) mass is 236 g/mol. The van der Waals surface area contributed by atoms with Gasteiger partial charge in [-0.25, -0.2) is 4.98 Å². The number of nitrogens with zero attached hydrogens (tertiary/aromatic N) is 2. The van der Waals surface area contributed by atoms with Crippen LogP contribution in [-0.4, -0.2) is 21.1 Å². The Morgan fingerprint density at radius 1 is 1.56 bits per heavy atom. The fourth-order valence-electron chi connectivity index (χ4n) is 1.47. The van der Waals surface area contributed by atoms with Crippen LogP contribution >= 0.6 is 11.3 Å². The third-order valence-electron chi connectivity index (χ3n) is 2.27. The summed E-state index contributed by atoms with van der Waals surface area (Å²) in [5, 5.41) is 11.5. The molecule has 0 radical (unpaired) electrons. The van der Waals surface area contributed by atoms with Gasteiger partial charge in [0, 0.05) is 11.1 Å². The number of amides is 1. The first-order valence-corrected chi connectivity index (χ1v) is 5.79. The fourth-order valence-corrected chi connectivity index (χ4v) is 2.03. The highest BCUT2D eigenvalue weighted by atomic mass is 32.1. The van der Waals surface area contributed by atoms with E-state index in [4.69, 9.17) is 0 Å². The van der Waals surface area contributed by atoms with E-state index in [1.807, 2.05) is 12.3 Å². The van der Waals surface area contributed by atoms with E-state index in [1.54, 1.807) is 12.4 Å². The molecule has 0 aliphatic rings. The molecule has 2 aromatic rings. The minimum absolute atomic E-state index is 0.114. The van der Waals surface area contributed by atoms with Gasteiger partial charge in [0.1, 0.15) is 0 Å². The van der Waals surface area contributed by atoms with E-state index >= 15 is 0 Å². The molecule has 0 saturated carbocycles. The molecule has 84 valence electrons. The Bertz CT molecular complexity index is 469.